The topological polar surface area (TPSA) is 63.7 Å². The lowest BCUT2D eigenvalue weighted by molar-refractivity contribution is 0.0497. The third-order valence-corrected chi connectivity index (χ3v) is 5.61. The van der Waals surface area contributed by atoms with E-state index in [2.05, 4.69) is 6.92 Å². The van der Waals surface area contributed by atoms with E-state index in [-0.39, 0.29) is 11.5 Å². The Balaban J connectivity index is 1.54. The number of aryl methyl sites for hydroxylation is 1. The number of imide groups is 1. The second kappa shape index (κ2) is 10.9. The van der Waals surface area contributed by atoms with Gasteiger partial charge in [0, 0.05) is 0 Å². The summed E-state index contributed by atoms with van der Waals surface area (Å²) in [6.45, 7) is 4.48. The number of hydrogen-bond acceptors (Lipinski definition) is 4. The van der Waals surface area contributed by atoms with Crippen molar-refractivity contribution in [1.82, 2.24) is 0 Å². The number of ether oxygens (including phenoxy) is 1. The fraction of sp³-hybridized carbons (Fsp3) is 0.423. The molecule has 5 heteroatoms. The second-order valence-electron chi connectivity index (χ2n) is 8.16. The maximum atomic E-state index is 12.9. The average Bonchev–Trinajstić information content (AvgIpc) is 3.02. The summed E-state index contributed by atoms with van der Waals surface area (Å²) >= 11 is 0. The molecule has 0 radical (unpaired) electrons. The molecule has 2 amide bonds. The monoisotopic (exact) mass is 421 g/mol. The van der Waals surface area contributed by atoms with Crippen molar-refractivity contribution in [2.75, 3.05) is 11.5 Å². The summed E-state index contributed by atoms with van der Waals surface area (Å²) in [4.78, 5) is 39.2. The van der Waals surface area contributed by atoms with E-state index in [0.717, 1.165) is 29.7 Å². The number of carbonyl (C=O) groups excluding carboxylic acids is 3. The molecule has 0 saturated heterocycles. The summed E-state index contributed by atoms with van der Waals surface area (Å²) < 4.78 is 5.37. The summed E-state index contributed by atoms with van der Waals surface area (Å²) in [5.74, 6) is -1.24. The molecule has 2 aromatic rings. The van der Waals surface area contributed by atoms with Crippen LogP contribution in [-0.2, 0) is 4.74 Å². The van der Waals surface area contributed by atoms with Gasteiger partial charge in [0.2, 0.25) is 0 Å². The van der Waals surface area contributed by atoms with Gasteiger partial charge in [0.15, 0.2) is 0 Å². The highest BCUT2D eigenvalue weighted by atomic mass is 16.5. The molecular weight excluding hydrogens is 390 g/mol. The van der Waals surface area contributed by atoms with E-state index in [9.17, 15) is 14.4 Å². The van der Waals surface area contributed by atoms with Crippen LogP contribution in [0.25, 0.3) is 0 Å². The van der Waals surface area contributed by atoms with E-state index >= 15 is 0 Å². The fourth-order valence-electron chi connectivity index (χ4n) is 3.85. The molecular formula is C26H31NO4. The Kier molecular flexibility index (Phi) is 7.99. The van der Waals surface area contributed by atoms with Gasteiger partial charge in [-0.1, -0.05) is 64.0 Å². The first-order valence-electron chi connectivity index (χ1n) is 11.3. The molecule has 0 aromatic heterocycles. The molecule has 1 aliphatic heterocycles. The Morgan fingerprint density at radius 2 is 1.52 bits per heavy atom. The molecule has 3 rings (SSSR count). The molecule has 1 heterocycles. The minimum atomic E-state index is -0.458. The molecule has 0 spiro atoms. The van der Waals surface area contributed by atoms with Crippen LogP contribution in [0.5, 0.6) is 0 Å². The lowest BCUT2D eigenvalue weighted by atomic mass is 10.1. The number of nitrogens with zero attached hydrogens (tertiary/aromatic N) is 1. The van der Waals surface area contributed by atoms with Gasteiger partial charge in [-0.15, -0.1) is 0 Å². The number of benzene rings is 2. The Labute approximate surface area is 184 Å². The summed E-state index contributed by atoms with van der Waals surface area (Å²) in [5, 5.41) is 0. The Morgan fingerprint density at radius 3 is 2.23 bits per heavy atom. The van der Waals surface area contributed by atoms with E-state index in [0.29, 0.717) is 23.4 Å². The zero-order valence-electron chi connectivity index (χ0n) is 18.5. The van der Waals surface area contributed by atoms with E-state index in [1.807, 2.05) is 19.1 Å². The number of unbranched alkanes of at least 4 members (excludes halogenated alkanes) is 7. The number of esters is 1. The van der Waals surface area contributed by atoms with Crippen molar-refractivity contribution in [3.63, 3.8) is 0 Å². The molecule has 0 atom stereocenters. The Bertz CT molecular complexity index is 950. The summed E-state index contributed by atoms with van der Waals surface area (Å²) in [7, 11) is 0. The fourth-order valence-corrected chi connectivity index (χ4v) is 3.85. The van der Waals surface area contributed by atoms with Gasteiger partial charge in [0.25, 0.3) is 11.8 Å². The second-order valence-corrected chi connectivity index (χ2v) is 8.16. The van der Waals surface area contributed by atoms with Crippen LogP contribution in [0.3, 0.4) is 0 Å². The molecule has 0 fully saturated rings. The van der Waals surface area contributed by atoms with Gasteiger partial charge in [-0.05, 0) is 49.2 Å². The molecule has 0 aliphatic carbocycles. The van der Waals surface area contributed by atoms with Crippen molar-refractivity contribution >= 4 is 23.5 Å². The summed E-state index contributed by atoms with van der Waals surface area (Å²) in [6, 6.07) is 11.8. The normalized spacial score (nSPS) is 12.9. The van der Waals surface area contributed by atoms with Crippen LogP contribution in [0, 0.1) is 6.92 Å². The zero-order chi connectivity index (χ0) is 22.2. The largest absolute Gasteiger partial charge is 0.462 e. The van der Waals surface area contributed by atoms with Gasteiger partial charge in [0.05, 0.1) is 29.0 Å². The number of carbonyl (C=O) groups is 3. The van der Waals surface area contributed by atoms with E-state index < -0.39 is 11.9 Å². The highest BCUT2D eigenvalue weighted by molar-refractivity contribution is 6.34. The minimum absolute atomic E-state index is 0.244. The predicted octanol–water partition coefficient (Wildman–Crippen LogP) is 6.09. The SMILES string of the molecule is CCCCCCCCCCOC(=O)c1ccc2c(c1)C(=O)N(c1cccc(C)c1)C2=O. The number of fused-ring (bicyclic) bond motifs is 1. The molecule has 0 N–H and O–H groups in total. The van der Waals surface area contributed by atoms with Crippen LogP contribution in [0.4, 0.5) is 5.69 Å². The third-order valence-electron chi connectivity index (χ3n) is 5.61. The molecule has 2 aromatic carbocycles. The first kappa shape index (κ1) is 22.7. The van der Waals surface area contributed by atoms with Gasteiger partial charge in [0.1, 0.15) is 0 Å². The van der Waals surface area contributed by atoms with Crippen molar-refractivity contribution in [2.24, 2.45) is 0 Å². The zero-order valence-corrected chi connectivity index (χ0v) is 18.5. The van der Waals surface area contributed by atoms with E-state index in [1.54, 1.807) is 18.2 Å². The number of amides is 2. The van der Waals surface area contributed by atoms with Crippen LogP contribution in [0.2, 0.25) is 0 Å². The number of anilines is 1. The first-order chi connectivity index (χ1) is 15.0. The highest BCUT2D eigenvalue weighted by Gasteiger charge is 2.37. The van der Waals surface area contributed by atoms with Crippen molar-refractivity contribution in [3.05, 3.63) is 64.7 Å². The predicted molar refractivity (Wildman–Crippen MR) is 122 cm³/mol. The van der Waals surface area contributed by atoms with Crippen molar-refractivity contribution in [2.45, 2.75) is 65.2 Å². The molecule has 0 saturated carbocycles. The maximum absolute atomic E-state index is 12.9. The molecule has 1 aliphatic rings. The molecule has 31 heavy (non-hydrogen) atoms. The van der Waals surface area contributed by atoms with Crippen LogP contribution in [-0.4, -0.2) is 24.4 Å². The molecule has 5 nitrogen and oxygen atoms in total. The minimum Gasteiger partial charge on any atom is -0.462 e. The maximum Gasteiger partial charge on any atom is 0.338 e. The van der Waals surface area contributed by atoms with Crippen molar-refractivity contribution in [1.29, 1.82) is 0 Å². The molecule has 0 bridgehead atoms. The van der Waals surface area contributed by atoms with Crippen LogP contribution in [0.15, 0.2) is 42.5 Å². The van der Waals surface area contributed by atoms with Gasteiger partial charge in [-0.25, -0.2) is 9.69 Å². The van der Waals surface area contributed by atoms with Crippen molar-refractivity contribution < 1.29 is 19.1 Å². The van der Waals surface area contributed by atoms with E-state index in [4.69, 9.17) is 4.74 Å². The van der Waals surface area contributed by atoms with Crippen molar-refractivity contribution in [3.8, 4) is 0 Å². The highest BCUT2D eigenvalue weighted by Crippen LogP contribution is 2.29. The molecule has 0 unspecified atom stereocenters. The number of rotatable bonds is 11. The quantitative estimate of drug-likeness (QED) is 0.250. The van der Waals surface area contributed by atoms with Gasteiger partial charge in [-0.2, -0.15) is 0 Å². The third kappa shape index (κ3) is 5.60. The van der Waals surface area contributed by atoms with Crippen LogP contribution < -0.4 is 4.90 Å². The smallest absolute Gasteiger partial charge is 0.338 e. The van der Waals surface area contributed by atoms with Gasteiger partial charge >= 0.3 is 5.97 Å². The Hall–Kier alpha value is -2.95. The standard InChI is InChI=1S/C26H31NO4/c1-3-4-5-6-7-8-9-10-16-31-26(30)20-14-15-22-23(18-20)25(29)27(24(22)28)21-13-11-12-19(2)17-21/h11-15,17-18H,3-10,16H2,1-2H3. The molecule has 164 valence electrons. The Morgan fingerprint density at radius 1 is 0.839 bits per heavy atom. The van der Waals surface area contributed by atoms with E-state index in [1.165, 1.54) is 44.2 Å². The van der Waals surface area contributed by atoms with Crippen LogP contribution in [0.1, 0.15) is 94.9 Å². The average molecular weight is 422 g/mol. The first-order valence-corrected chi connectivity index (χ1v) is 11.3. The number of hydrogen-bond donors (Lipinski definition) is 0. The van der Waals surface area contributed by atoms with Gasteiger partial charge in [-0.3, -0.25) is 9.59 Å². The summed E-state index contributed by atoms with van der Waals surface area (Å²) in [5.41, 5.74) is 2.34. The lowest BCUT2D eigenvalue weighted by Gasteiger charge is -2.14. The summed E-state index contributed by atoms with van der Waals surface area (Å²) in [6.07, 6.45) is 9.39. The lowest BCUT2D eigenvalue weighted by Crippen LogP contribution is -2.29. The van der Waals surface area contributed by atoms with Gasteiger partial charge < -0.3 is 4.74 Å². The van der Waals surface area contributed by atoms with Crippen LogP contribution >= 0.6 is 0 Å².